The minimum Gasteiger partial charge on any atom is -0.497 e. The average Bonchev–Trinajstić information content (AvgIpc) is 3.21. The number of rotatable bonds is 8. The molecule has 0 spiro atoms. The van der Waals surface area contributed by atoms with Crippen molar-refractivity contribution in [2.75, 3.05) is 27.8 Å². The molecule has 0 aliphatic heterocycles. The van der Waals surface area contributed by atoms with Gasteiger partial charge < -0.3 is 19.7 Å². The minimum absolute atomic E-state index is 0.0719. The van der Waals surface area contributed by atoms with Gasteiger partial charge in [-0.3, -0.25) is 0 Å². The van der Waals surface area contributed by atoms with Crippen LogP contribution in [0.4, 0.5) is 4.79 Å². The number of hydrogen-bond donors (Lipinski definition) is 1. The van der Waals surface area contributed by atoms with E-state index in [9.17, 15) is 4.79 Å². The van der Waals surface area contributed by atoms with E-state index in [2.05, 4.69) is 5.32 Å². The second-order valence-corrected chi connectivity index (χ2v) is 8.60. The molecule has 0 saturated carbocycles. The van der Waals surface area contributed by atoms with Crippen LogP contribution in [-0.4, -0.2) is 49.8 Å². The molecule has 0 unspecified atom stereocenters. The molecule has 164 valence electrons. The Hall–Kier alpha value is -3.06. The van der Waals surface area contributed by atoms with Gasteiger partial charge >= 0.3 is 6.03 Å². The van der Waals surface area contributed by atoms with Crippen LogP contribution in [0.2, 0.25) is 0 Å². The molecule has 0 aliphatic carbocycles. The lowest BCUT2D eigenvalue weighted by Gasteiger charge is -2.18. The number of likely N-dealkylation sites (N-methyl/N-ethyl adjacent to an activating group) is 1. The van der Waals surface area contributed by atoms with Gasteiger partial charge in [-0.05, 0) is 67.9 Å². The van der Waals surface area contributed by atoms with E-state index < -0.39 is 0 Å². The number of carbonyl (C=O) groups excluding carboxylic acids is 1. The van der Waals surface area contributed by atoms with Crippen LogP contribution in [0.5, 0.6) is 11.5 Å². The highest BCUT2D eigenvalue weighted by Crippen LogP contribution is 2.38. The smallest absolute Gasteiger partial charge is 0.317 e. The van der Waals surface area contributed by atoms with Gasteiger partial charge in [0.1, 0.15) is 11.5 Å². The lowest BCUT2D eigenvalue weighted by Crippen LogP contribution is -2.41. The fourth-order valence-electron chi connectivity index (χ4n) is 3.08. The van der Waals surface area contributed by atoms with Crippen molar-refractivity contribution in [2.45, 2.75) is 26.3 Å². The van der Waals surface area contributed by atoms with Crippen molar-refractivity contribution in [1.29, 1.82) is 0 Å². The lowest BCUT2D eigenvalue weighted by molar-refractivity contribution is 0.207. The predicted molar refractivity (Wildman–Crippen MR) is 126 cm³/mol. The zero-order valence-corrected chi connectivity index (χ0v) is 19.5. The molecule has 3 rings (SSSR count). The van der Waals surface area contributed by atoms with Gasteiger partial charge in [0.15, 0.2) is 0 Å². The Morgan fingerprint density at radius 1 is 1.00 bits per heavy atom. The highest BCUT2D eigenvalue weighted by molar-refractivity contribution is 7.15. The van der Waals surface area contributed by atoms with Crippen LogP contribution < -0.4 is 14.8 Å². The monoisotopic (exact) mass is 439 g/mol. The largest absolute Gasteiger partial charge is 0.497 e. The first-order chi connectivity index (χ1) is 14.9. The summed E-state index contributed by atoms with van der Waals surface area (Å²) in [6, 6.07) is 16.0. The van der Waals surface area contributed by atoms with Gasteiger partial charge in [0.25, 0.3) is 0 Å². The SMILES string of the molecule is COc1ccc(-c2nc(CCN(C)C(=O)NC(C)C)sc2-c2ccc(OC)cc2)cc1. The molecule has 0 fully saturated rings. The summed E-state index contributed by atoms with van der Waals surface area (Å²) in [6.45, 7) is 4.50. The zero-order valence-electron chi connectivity index (χ0n) is 18.6. The van der Waals surface area contributed by atoms with E-state index >= 15 is 0 Å². The zero-order chi connectivity index (χ0) is 22.4. The molecule has 0 saturated heterocycles. The number of ether oxygens (including phenoxy) is 2. The average molecular weight is 440 g/mol. The summed E-state index contributed by atoms with van der Waals surface area (Å²) in [6.07, 6.45) is 0.686. The molecular weight excluding hydrogens is 410 g/mol. The topological polar surface area (TPSA) is 63.7 Å². The third-order valence-electron chi connectivity index (χ3n) is 4.81. The number of methoxy groups -OCH3 is 2. The van der Waals surface area contributed by atoms with Gasteiger partial charge in [-0.2, -0.15) is 0 Å². The third kappa shape index (κ3) is 5.76. The molecule has 0 radical (unpaired) electrons. The first-order valence-corrected chi connectivity index (χ1v) is 11.0. The van der Waals surface area contributed by atoms with E-state index in [4.69, 9.17) is 14.5 Å². The van der Waals surface area contributed by atoms with Crippen molar-refractivity contribution in [3.8, 4) is 33.2 Å². The molecular formula is C24H29N3O3S. The molecule has 7 heteroatoms. The number of thiazole rings is 1. The van der Waals surface area contributed by atoms with Gasteiger partial charge in [-0.15, -0.1) is 11.3 Å². The van der Waals surface area contributed by atoms with E-state index in [1.807, 2.05) is 62.4 Å². The summed E-state index contributed by atoms with van der Waals surface area (Å²) in [5.41, 5.74) is 3.04. The van der Waals surface area contributed by atoms with Gasteiger partial charge in [-0.25, -0.2) is 9.78 Å². The van der Waals surface area contributed by atoms with Crippen molar-refractivity contribution in [2.24, 2.45) is 0 Å². The number of nitrogens with one attached hydrogen (secondary N) is 1. The van der Waals surface area contributed by atoms with E-state index in [1.54, 1.807) is 37.5 Å². The Kier molecular flexibility index (Phi) is 7.52. The fourth-order valence-corrected chi connectivity index (χ4v) is 4.16. The summed E-state index contributed by atoms with van der Waals surface area (Å²) < 4.78 is 10.6. The maximum atomic E-state index is 12.2. The predicted octanol–water partition coefficient (Wildman–Crippen LogP) is 5.09. The summed E-state index contributed by atoms with van der Waals surface area (Å²) in [7, 11) is 5.12. The van der Waals surface area contributed by atoms with Crippen LogP contribution in [0.1, 0.15) is 18.9 Å². The Morgan fingerprint density at radius 2 is 1.55 bits per heavy atom. The summed E-state index contributed by atoms with van der Waals surface area (Å²) in [5.74, 6) is 1.63. The van der Waals surface area contributed by atoms with Gasteiger partial charge in [-0.1, -0.05) is 0 Å². The number of benzene rings is 2. The third-order valence-corrected chi connectivity index (χ3v) is 5.97. The first-order valence-electron chi connectivity index (χ1n) is 10.2. The second kappa shape index (κ2) is 10.3. The molecule has 1 aromatic heterocycles. The van der Waals surface area contributed by atoms with Crippen molar-refractivity contribution in [3.63, 3.8) is 0 Å². The van der Waals surface area contributed by atoms with Crippen LogP contribution in [0.3, 0.4) is 0 Å². The van der Waals surface area contributed by atoms with Gasteiger partial charge in [0.2, 0.25) is 0 Å². The van der Waals surface area contributed by atoms with Crippen molar-refractivity contribution < 1.29 is 14.3 Å². The molecule has 1 heterocycles. The molecule has 31 heavy (non-hydrogen) atoms. The van der Waals surface area contributed by atoms with Crippen LogP contribution in [0.15, 0.2) is 48.5 Å². The fraction of sp³-hybridized carbons (Fsp3) is 0.333. The first kappa shape index (κ1) is 22.6. The van der Waals surface area contributed by atoms with Crippen LogP contribution in [-0.2, 0) is 6.42 Å². The molecule has 6 nitrogen and oxygen atoms in total. The highest BCUT2D eigenvalue weighted by Gasteiger charge is 2.17. The molecule has 2 amide bonds. The quantitative estimate of drug-likeness (QED) is 0.531. The molecule has 3 aromatic rings. The summed E-state index contributed by atoms with van der Waals surface area (Å²) in [5, 5.41) is 3.90. The van der Waals surface area contributed by atoms with E-state index in [1.165, 1.54) is 0 Å². The molecule has 2 aromatic carbocycles. The van der Waals surface area contributed by atoms with Crippen LogP contribution in [0.25, 0.3) is 21.7 Å². The number of nitrogens with zero attached hydrogens (tertiary/aromatic N) is 2. The number of carbonyl (C=O) groups is 1. The number of aromatic nitrogens is 1. The highest BCUT2D eigenvalue weighted by atomic mass is 32.1. The van der Waals surface area contributed by atoms with E-state index in [-0.39, 0.29) is 12.1 Å². The standard InChI is InChI=1S/C24H29N3O3S/c1-16(2)25-24(28)27(3)15-14-21-26-22(17-6-10-19(29-4)11-7-17)23(31-21)18-8-12-20(30-5)13-9-18/h6-13,16H,14-15H2,1-5H3,(H,25,28). The number of urea groups is 1. The summed E-state index contributed by atoms with van der Waals surface area (Å²) in [4.78, 5) is 19.9. The van der Waals surface area contributed by atoms with Crippen molar-refractivity contribution in [3.05, 3.63) is 53.5 Å². The summed E-state index contributed by atoms with van der Waals surface area (Å²) >= 11 is 1.66. The molecule has 0 bridgehead atoms. The normalized spacial score (nSPS) is 10.8. The van der Waals surface area contributed by atoms with Crippen molar-refractivity contribution in [1.82, 2.24) is 15.2 Å². The molecule has 0 atom stereocenters. The maximum absolute atomic E-state index is 12.2. The Balaban J connectivity index is 1.88. The number of amides is 2. The second-order valence-electron chi connectivity index (χ2n) is 7.52. The van der Waals surface area contributed by atoms with Crippen molar-refractivity contribution >= 4 is 17.4 Å². The van der Waals surface area contributed by atoms with Gasteiger partial charge in [0.05, 0.1) is 29.8 Å². The number of hydrogen-bond acceptors (Lipinski definition) is 5. The maximum Gasteiger partial charge on any atom is 0.317 e. The lowest BCUT2D eigenvalue weighted by atomic mass is 10.1. The Morgan fingerprint density at radius 3 is 2.06 bits per heavy atom. The molecule has 0 aliphatic rings. The Bertz CT molecular complexity index is 933. The van der Waals surface area contributed by atoms with Gasteiger partial charge in [0, 0.05) is 31.6 Å². The van der Waals surface area contributed by atoms with E-state index in [0.29, 0.717) is 13.0 Å². The van der Waals surface area contributed by atoms with Crippen LogP contribution >= 0.6 is 11.3 Å². The molecule has 1 N–H and O–H groups in total. The minimum atomic E-state index is -0.0719. The Labute approximate surface area is 187 Å². The van der Waals surface area contributed by atoms with E-state index in [0.717, 1.165) is 38.2 Å². The van der Waals surface area contributed by atoms with Crippen LogP contribution in [0, 0.1) is 0 Å².